The fraction of sp³-hybridized carbons (Fsp3) is 0.472. The molecule has 0 saturated carbocycles. The van der Waals surface area contributed by atoms with E-state index in [-0.39, 0.29) is 35.4 Å². The molecule has 6 heterocycles. The molecule has 69 heavy (non-hydrogen) atoms. The first kappa shape index (κ1) is 50.3. The molecule has 0 bridgehead atoms. The summed E-state index contributed by atoms with van der Waals surface area (Å²) in [6.07, 6.45) is 12.8. The number of nitrogens with zero attached hydrogens (tertiary/aromatic N) is 8. The van der Waals surface area contributed by atoms with Crippen molar-refractivity contribution in [1.29, 1.82) is 0 Å². The van der Waals surface area contributed by atoms with Crippen LogP contribution in [0.3, 0.4) is 0 Å². The molecular weight excluding hydrogens is 876 g/mol. The number of para-hydroxylation sites is 1. The van der Waals surface area contributed by atoms with Gasteiger partial charge in [0.15, 0.2) is 0 Å². The van der Waals surface area contributed by atoms with Crippen molar-refractivity contribution in [2.75, 3.05) is 87.7 Å². The number of likely N-dealkylation sites (tertiary alicyclic amines) is 2. The lowest BCUT2D eigenvalue weighted by molar-refractivity contribution is -0.134. The van der Waals surface area contributed by atoms with Crippen LogP contribution in [0.4, 0.5) is 21.5 Å². The Morgan fingerprint density at radius 2 is 1.65 bits per heavy atom. The molecule has 16 heteroatoms. The lowest BCUT2D eigenvalue weighted by Gasteiger charge is -2.45. The van der Waals surface area contributed by atoms with Crippen LogP contribution < -0.4 is 20.0 Å². The number of fused-ring (bicyclic) bond motifs is 1. The molecule has 4 aliphatic heterocycles. The Morgan fingerprint density at radius 1 is 0.913 bits per heavy atom. The topological polar surface area (TPSA) is 150 Å². The molecule has 2 N–H and O–H groups in total. The predicted octanol–water partition coefficient (Wildman–Crippen LogP) is 6.97. The zero-order valence-corrected chi connectivity index (χ0v) is 41.0. The first-order valence-corrected chi connectivity index (χ1v) is 24.5. The summed E-state index contributed by atoms with van der Waals surface area (Å²) in [5.41, 5.74) is 6.47. The number of aryl methyl sites for hydroxylation is 2. The van der Waals surface area contributed by atoms with Crippen molar-refractivity contribution in [2.45, 2.75) is 84.7 Å². The van der Waals surface area contributed by atoms with Gasteiger partial charge in [-0.2, -0.15) is 5.10 Å². The zero-order chi connectivity index (χ0) is 49.1. The van der Waals surface area contributed by atoms with E-state index in [1.165, 1.54) is 25.3 Å². The van der Waals surface area contributed by atoms with Gasteiger partial charge in [0.2, 0.25) is 24.6 Å². The molecule has 4 saturated heterocycles. The third-order valence-corrected chi connectivity index (χ3v) is 13.6. The SMILES string of the molecule is CCCn1cccn1.CN(C=O)c1c(CCCN2CCN(c3ccc(-c4ccc(F)c5[nH]c(C(=O)N6CC(C)(C)C6)cc45)cc3)CC2)cccc1N(C)C1CCC(=O)NC1=O.O=CN1CCCCC1. The van der Waals surface area contributed by atoms with Crippen LogP contribution in [0.5, 0.6) is 0 Å². The maximum Gasteiger partial charge on any atom is 0.270 e. The average molecular weight is 945 g/mol. The average Bonchev–Trinajstić information content (AvgIpc) is 4.06. The van der Waals surface area contributed by atoms with Crippen LogP contribution in [0.2, 0.25) is 0 Å². The second kappa shape index (κ2) is 23.2. The lowest BCUT2D eigenvalue weighted by Crippen LogP contribution is -2.55. The number of hydrogen-bond donors (Lipinski definition) is 2. The van der Waals surface area contributed by atoms with E-state index in [4.69, 9.17) is 0 Å². The molecule has 1 unspecified atom stereocenters. The van der Waals surface area contributed by atoms with Crippen LogP contribution >= 0.6 is 0 Å². The molecule has 368 valence electrons. The summed E-state index contributed by atoms with van der Waals surface area (Å²) in [5, 5.41) is 7.16. The quantitative estimate of drug-likeness (QED) is 0.0890. The Hall–Kier alpha value is -6.55. The van der Waals surface area contributed by atoms with Gasteiger partial charge in [-0.05, 0) is 110 Å². The molecule has 4 aliphatic rings. The van der Waals surface area contributed by atoms with E-state index in [0.717, 1.165) is 118 Å². The molecule has 0 radical (unpaired) electrons. The molecule has 2 aromatic heterocycles. The Balaban J connectivity index is 0.000000370. The molecule has 4 fully saturated rings. The Kier molecular flexibility index (Phi) is 16.9. The number of hydrogen-bond acceptors (Lipinski definition) is 9. The van der Waals surface area contributed by atoms with E-state index in [9.17, 15) is 28.4 Å². The number of rotatable bonds is 14. The van der Waals surface area contributed by atoms with Crippen LogP contribution in [0.25, 0.3) is 22.0 Å². The van der Waals surface area contributed by atoms with Gasteiger partial charge >= 0.3 is 0 Å². The van der Waals surface area contributed by atoms with Crippen LogP contribution in [0, 0.1) is 11.2 Å². The second-order valence-electron chi connectivity index (χ2n) is 19.4. The highest BCUT2D eigenvalue weighted by Crippen LogP contribution is 2.36. The van der Waals surface area contributed by atoms with Crippen LogP contribution in [0.1, 0.15) is 81.8 Å². The summed E-state index contributed by atoms with van der Waals surface area (Å²) < 4.78 is 16.8. The van der Waals surface area contributed by atoms with Crippen molar-refractivity contribution in [2.24, 2.45) is 5.41 Å². The smallest absolute Gasteiger partial charge is 0.270 e. The Labute approximate surface area is 405 Å². The number of H-pyrrole nitrogens is 1. The molecule has 0 aliphatic carbocycles. The van der Waals surface area contributed by atoms with E-state index >= 15 is 0 Å². The Morgan fingerprint density at radius 3 is 2.28 bits per heavy atom. The molecule has 9 rings (SSSR count). The molecule has 5 amide bonds. The van der Waals surface area contributed by atoms with Crippen molar-refractivity contribution in [3.63, 3.8) is 0 Å². The first-order valence-electron chi connectivity index (χ1n) is 24.5. The van der Waals surface area contributed by atoms with E-state index in [1.807, 2.05) is 52.0 Å². The van der Waals surface area contributed by atoms with Crippen molar-refractivity contribution in [3.8, 4) is 11.1 Å². The number of amides is 5. The largest absolute Gasteiger partial charge is 0.369 e. The van der Waals surface area contributed by atoms with Crippen LogP contribution in [-0.4, -0.2) is 139 Å². The highest BCUT2D eigenvalue weighted by molar-refractivity contribution is 6.04. The number of anilines is 3. The van der Waals surface area contributed by atoms with Gasteiger partial charge in [0, 0.05) is 103 Å². The molecule has 0 spiro atoms. The highest BCUT2D eigenvalue weighted by atomic mass is 19.1. The summed E-state index contributed by atoms with van der Waals surface area (Å²) in [7, 11) is 3.57. The van der Waals surface area contributed by atoms with Crippen LogP contribution in [0.15, 0.2) is 79.1 Å². The van der Waals surface area contributed by atoms with E-state index in [0.29, 0.717) is 36.1 Å². The monoisotopic (exact) mass is 945 g/mol. The number of halogens is 1. The van der Waals surface area contributed by atoms with Crippen molar-refractivity contribution < 1.29 is 28.4 Å². The van der Waals surface area contributed by atoms with E-state index in [2.05, 4.69) is 70.2 Å². The third kappa shape index (κ3) is 12.6. The maximum absolute atomic E-state index is 14.9. The Bertz CT molecular complexity index is 2520. The van der Waals surface area contributed by atoms with Crippen LogP contribution in [-0.2, 0) is 32.1 Å². The van der Waals surface area contributed by atoms with Gasteiger partial charge in [0.05, 0.1) is 16.9 Å². The van der Waals surface area contributed by atoms with Gasteiger partial charge in [-0.3, -0.25) is 38.9 Å². The number of carbonyl (C=O) groups is 5. The predicted molar refractivity (Wildman–Crippen MR) is 270 cm³/mol. The van der Waals surface area contributed by atoms with Gasteiger partial charge in [0.1, 0.15) is 17.6 Å². The number of likely N-dealkylation sites (N-methyl/N-ethyl adjacent to an activating group) is 1. The van der Waals surface area contributed by atoms with Crippen molar-refractivity contribution in [3.05, 3.63) is 96.2 Å². The summed E-state index contributed by atoms with van der Waals surface area (Å²) in [6.45, 7) is 15.3. The van der Waals surface area contributed by atoms with Gasteiger partial charge in [-0.25, -0.2) is 4.39 Å². The summed E-state index contributed by atoms with van der Waals surface area (Å²) in [4.78, 5) is 74.4. The van der Waals surface area contributed by atoms with Crippen molar-refractivity contribution >= 4 is 58.5 Å². The highest BCUT2D eigenvalue weighted by Gasteiger charge is 2.38. The standard InChI is InChI=1S/C41H48FN7O4.C6H10N2.C6H11NO/c1-41(2)24-49(25-41)40(53)33-23-31-30(14-15-32(42)37(31)43-33)27-10-12-29(13-11-27)48-21-19-47(20-22-48)18-6-8-28-7-5-9-34(38(28)45(3)26-50)46(4)35-16-17-36(51)44-39(35)52;1-2-5-8-6-3-4-7-8;8-6-7-4-2-1-3-5-7/h5,7,9-15,23,26,35,43H,6,8,16-22,24-25H2,1-4H3,(H,44,51,52);3-4,6H,2,5H2,1H3;6H,1-5H2. The normalized spacial score (nSPS) is 18.0. The summed E-state index contributed by atoms with van der Waals surface area (Å²) in [6, 6.07) is 20.8. The molecule has 3 aromatic carbocycles. The summed E-state index contributed by atoms with van der Waals surface area (Å²) >= 11 is 0. The van der Waals surface area contributed by atoms with Gasteiger partial charge in [0.25, 0.3) is 5.91 Å². The number of aromatic nitrogens is 3. The number of piperazine rings is 1. The minimum absolute atomic E-state index is 0.0975. The molecule has 15 nitrogen and oxygen atoms in total. The number of imide groups is 1. The van der Waals surface area contributed by atoms with Gasteiger partial charge in [-0.1, -0.05) is 51.1 Å². The third-order valence-electron chi connectivity index (χ3n) is 13.6. The van der Waals surface area contributed by atoms with E-state index in [1.54, 1.807) is 35.2 Å². The number of piperidine rings is 2. The lowest BCUT2D eigenvalue weighted by atomic mass is 9.84. The fourth-order valence-electron chi connectivity index (χ4n) is 9.86. The molecule has 1 atom stereocenters. The molecular formula is C53H69FN10O5. The minimum Gasteiger partial charge on any atom is -0.369 e. The van der Waals surface area contributed by atoms with Crippen molar-refractivity contribution in [1.82, 2.24) is 34.8 Å². The maximum atomic E-state index is 14.9. The minimum atomic E-state index is -0.486. The molecule has 5 aromatic rings. The number of aromatic amines is 1. The zero-order valence-electron chi connectivity index (χ0n) is 41.0. The summed E-state index contributed by atoms with van der Waals surface area (Å²) in [5.74, 6) is -1.04. The van der Waals surface area contributed by atoms with Gasteiger partial charge in [-0.15, -0.1) is 0 Å². The van der Waals surface area contributed by atoms with E-state index < -0.39 is 6.04 Å². The second-order valence-corrected chi connectivity index (χ2v) is 19.4. The van der Waals surface area contributed by atoms with Gasteiger partial charge < -0.3 is 29.5 Å². The number of nitrogens with one attached hydrogen (secondary N) is 2. The fourth-order valence-corrected chi connectivity index (χ4v) is 9.86. The number of benzene rings is 3. The number of carbonyl (C=O) groups excluding carboxylic acids is 5. The first-order chi connectivity index (χ1) is 33.3.